The lowest BCUT2D eigenvalue weighted by Gasteiger charge is -2.34. The second-order valence-electron chi connectivity index (χ2n) is 8.31. The van der Waals surface area contributed by atoms with E-state index in [1.807, 2.05) is 26.0 Å². The van der Waals surface area contributed by atoms with Gasteiger partial charge in [-0.2, -0.15) is 0 Å². The van der Waals surface area contributed by atoms with E-state index in [1.54, 1.807) is 0 Å². The van der Waals surface area contributed by atoms with E-state index in [0.29, 0.717) is 24.1 Å². The van der Waals surface area contributed by atoms with Crippen LogP contribution in [0.15, 0.2) is 34.5 Å². The summed E-state index contributed by atoms with van der Waals surface area (Å²) >= 11 is 0. The lowest BCUT2D eigenvalue weighted by Crippen LogP contribution is -2.35. The number of benzene rings is 1. The fourth-order valence-electron chi connectivity index (χ4n) is 3.74. The van der Waals surface area contributed by atoms with Crippen LogP contribution in [0.3, 0.4) is 0 Å². The van der Waals surface area contributed by atoms with Crippen molar-refractivity contribution in [1.29, 1.82) is 0 Å². The molecule has 1 aliphatic heterocycles. The third-order valence-corrected chi connectivity index (χ3v) is 4.78. The highest BCUT2D eigenvalue weighted by Crippen LogP contribution is 2.39. The number of aliphatic hydroxyl groups is 1. The van der Waals surface area contributed by atoms with E-state index < -0.39 is 0 Å². The molecule has 1 heterocycles. The first-order valence-corrected chi connectivity index (χ1v) is 8.24. The maximum Gasteiger partial charge on any atom is 0.168 e. The van der Waals surface area contributed by atoms with Crippen molar-refractivity contribution in [3.8, 4) is 0 Å². The lowest BCUT2D eigenvalue weighted by molar-refractivity contribution is -0.117. The highest BCUT2D eigenvalue weighted by molar-refractivity contribution is 6.30. The van der Waals surface area contributed by atoms with Gasteiger partial charge in [0.05, 0.1) is 16.8 Å². The molecular weight excluding hydrogens is 286 g/mol. The molecule has 0 bridgehead atoms. The number of aliphatic hydroxyl groups excluding tert-OH is 1. The van der Waals surface area contributed by atoms with E-state index >= 15 is 0 Å². The van der Waals surface area contributed by atoms with Crippen LogP contribution >= 0.6 is 0 Å². The van der Waals surface area contributed by atoms with Crippen molar-refractivity contribution in [2.24, 2.45) is 10.4 Å². The predicted molar refractivity (Wildman–Crippen MR) is 93.2 cm³/mol. The molecular formula is C20H25NO2. The highest BCUT2D eigenvalue weighted by atomic mass is 16.3. The summed E-state index contributed by atoms with van der Waals surface area (Å²) in [6.45, 7) is 10.3. The summed E-state index contributed by atoms with van der Waals surface area (Å²) in [6.07, 6.45) is 1.83. The SMILES string of the molecule is Cc1cccc2c1CC(C)(C)N=C2C1=C(O)CC(C)(C)CC1=O. The number of Topliss-reactive ketones (excluding diaryl/α,β-unsaturated/α-hetero) is 1. The molecule has 1 N–H and O–H groups in total. The van der Waals surface area contributed by atoms with Crippen LogP contribution in [0.25, 0.3) is 0 Å². The highest BCUT2D eigenvalue weighted by Gasteiger charge is 2.38. The maximum absolute atomic E-state index is 12.7. The predicted octanol–water partition coefficient (Wildman–Crippen LogP) is 4.32. The van der Waals surface area contributed by atoms with Gasteiger partial charge < -0.3 is 5.11 Å². The number of carbonyl (C=O) groups excluding carboxylic acids is 1. The summed E-state index contributed by atoms with van der Waals surface area (Å²) in [5, 5.41) is 10.6. The van der Waals surface area contributed by atoms with Crippen LogP contribution in [0.2, 0.25) is 0 Å². The molecule has 0 saturated heterocycles. The number of hydrogen-bond acceptors (Lipinski definition) is 3. The Bertz CT molecular complexity index is 751. The van der Waals surface area contributed by atoms with Crippen molar-refractivity contribution < 1.29 is 9.90 Å². The largest absolute Gasteiger partial charge is 0.511 e. The van der Waals surface area contributed by atoms with Gasteiger partial charge in [0.2, 0.25) is 0 Å². The number of nitrogens with zero attached hydrogens (tertiary/aromatic N) is 1. The van der Waals surface area contributed by atoms with Crippen molar-refractivity contribution in [2.45, 2.75) is 59.4 Å². The van der Waals surface area contributed by atoms with Gasteiger partial charge in [-0.1, -0.05) is 32.0 Å². The number of fused-ring (bicyclic) bond motifs is 1. The standard InChI is InChI=1S/C20H25NO2/c1-12-7-6-8-13-14(12)9-20(4,5)21-18(13)17-15(22)10-19(2,3)11-16(17)23/h6-8,22H,9-11H2,1-5H3. The lowest BCUT2D eigenvalue weighted by atomic mass is 9.73. The number of aliphatic imine (C=N–C) groups is 1. The summed E-state index contributed by atoms with van der Waals surface area (Å²) in [7, 11) is 0. The number of aryl methyl sites for hydroxylation is 1. The summed E-state index contributed by atoms with van der Waals surface area (Å²) in [5.74, 6) is 0.192. The smallest absolute Gasteiger partial charge is 0.168 e. The number of carbonyl (C=O) groups is 1. The van der Waals surface area contributed by atoms with E-state index in [4.69, 9.17) is 4.99 Å². The number of rotatable bonds is 1. The molecule has 0 aromatic heterocycles. The molecule has 23 heavy (non-hydrogen) atoms. The molecule has 2 aliphatic rings. The molecule has 0 fully saturated rings. The summed E-state index contributed by atoms with van der Waals surface area (Å²) in [6, 6.07) is 6.11. The molecule has 3 rings (SSSR count). The molecule has 1 aromatic rings. The fourth-order valence-corrected chi connectivity index (χ4v) is 3.74. The number of allylic oxidation sites excluding steroid dienone is 2. The van der Waals surface area contributed by atoms with Gasteiger partial charge in [-0.05, 0) is 43.7 Å². The Morgan fingerprint density at radius 3 is 2.43 bits per heavy atom. The van der Waals surface area contributed by atoms with Crippen molar-refractivity contribution in [3.05, 3.63) is 46.2 Å². The van der Waals surface area contributed by atoms with Gasteiger partial charge >= 0.3 is 0 Å². The Labute approximate surface area is 138 Å². The van der Waals surface area contributed by atoms with Crippen molar-refractivity contribution >= 4 is 11.5 Å². The van der Waals surface area contributed by atoms with Crippen molar-refractivity contribution in [3.63, 3.8) is 0 Å². The molecule has 0 amide bonds. The van der Waals surface area contributed by atoms with E-state index in [2.05, 4.69) is 26.8 Å². The third kappa shape index (κ3) is 2.85. The summed E-state index contributed by atoms with van der Waals surface area (Å²) in [5.41, 5.74) is 4.10. The molecule has 3 heteroatoms. The monoisotopic (exact) mass is 311 g/mol. The third-order valence-electron chi connectivity index (χ3n) is 4.78. The van der Waals surface area contributed by atoms with Gasteiger partial charge in [0.25, 0.3) is 0 Å². The molecule has 3 nitrogen and oxygen atoms in total. The van der Waals surface area contributed by atoms with Gasteiger partial charge in [0.1, 0.15) is 5.76 Å². The summed E-state index contributed by atoms with van der Waals surface area (Å²) in [4.78, 5) is 17.6. The van der Waals surface area contributed by atoms with Crippen LogP contribution in [-0.4, -0.2) is 22.1 Å². The van der Waals surface area contributed by atoms with Crippen LogP contribution in [0, 0.1) is 12.3 Å². The first-order chi connectivity index (χ1) is 10.6. The van der Waals surface area contributed by atoms with Crippen molar-refractivity contribution in [2.75, 3.05) is 0 Å². The van der Waals surface area contributed by atoms with Gasteiger partial charge in [-0.3, -0.25) is 9.79 Å². The van der Waals surface area contributed by atoms with E-state index in [0.717, 1.165) is 12.0 Å². The molecule has 0 atom stereocenters. The molecule has 0 spiro atoms. The van der Waals surface area contributed by atoms with Crippen LogP contribution in [0.1, 0.15) is 57.2 Å². The second kappa shape index (κ2) is 5.05. The number of hydrogen-bond donors (Lipinski definition) is 1. The van der Waals surface area contributed by atoms with Crippen LogP contribution in [0.5, 0.6) is 0 Å². The van der Waals surface area contributed by atoms with Crippen LogP contribution < -0.4 is 0 Å². The normalized spacial score (nSPS) is 22.7. The molecule has 122 valence electrons. The Morgan fingerprint density at radius 2 is 1.78 bits per heavy atom. The quantitative estimate of drug-likeness (QED) is 0.839. The summed E-state index contributed by atoms with van der Waals surface area (Å²) < 4.78 is 0. The number of ketones is 1. The molecule has 1 aliphatic carbocycles. The zero-order chi connectivity index (χ0) is 17.0. The molecule has 0 radical (unpaired) electrons. The van der Waals surface area contributed by atoms with Gasteiger partial charge in [-0.15, -0.1) is 0 Å². The molecule has 0 unspecified atom stereocenters. The Hall–Kier alpha value is -1.90. The zero-order valence-corrected chi connectivity index (χ0v) is 14.7. The van der Waals surface area contributed by atoms with E-state index in [1.165, 1.54) is 11.1 Å². The van der Waals surface area contributed by atoms with Gasteiger partial charge in [0.15, 0.2) is 5.78 Å². The van der Waals surface area contributed by atoms with Gasteiger partial charge in [-0.25, -0.2) is 0 Å². The maximum atomic E-state index is 12.7. The fraction of sp³-hybridized carbons (Fsp3) is 0.500. The Kier molecular flexibility index (Phi) is 3.51. The first-order valence-electron chi connectivity index (χ1n) is 8.24. The zero-order valence-electron chi connectivity index (χ0n) is 14.7. The Balaban J connectivity index is 2.21. The van der Waals surface area contributed by atoms with Gasteiger partial charge in [0, 0.05) is 18.4 Å². The second-order valence-corrected chi connectivity index (χ2v) is 8.31. The van der Waals surface area contributed by atoms with Crippen LogP contribution in [0.4, 0.5) is 0 Å². The van der Waals surface area contributed by atoms with E-state index in [-0.39, 0.29) is 22.5 Å². The molecule has 1 aromatic carbocycles. The minimum Gasteiger partial charge on any atom is -0.511 e. The van der Waals surface area contributed by atoms with E-state index in [9.17, 15) is 9.90 Å². The minimum atomic E-state index is -0.269. The van der Waals surface area contributed by atoms with Crippen LogP contribution in [-0.2, 0) is 11.2 Å². The minimum absolute atomic E-state index is 0.00246. The first kappa shape index (κ1) is 16.0. The topological polar surface area (TPSA) is 49.7 Å². The molecule has 0 saturated carbocycles. The average molecular weight is 311 g/mol. The Morgan fingerprint density at radius 1 is 1.09 bits per heavy atom. The van der Waals surface area contributed by atoms with Crippen molar-refractivity contribution in [1.82, 2.24) is 0 Å². The average Bonchev–Trinajstić information content (AvgIpc) is 2.36.